The van der Waals surface area contributed by atoms with Crippen molar-refractivity contribution in [3.8, 4) is 0 Å². The smallest absolute Gasteiger partial charge is 0.146 e. The maximum absolute atomic E-state index is 14.2. The van der Waals surface area contributed by atoms with Crippen molar-refractivity contribution in [1.82, 2.24) is 4.90 Å². The Labute approximate surface area is 114 Å². The van der Waals surface area contributed by atoms with Gasteiger partial charge in [-0.15, -0.1) is 0 Å². The fourth-order valence-electron chi connectivity index (χ4n) is 2.79. The Kier molecular flexibility index (Phi) is 4.11. The molecule has 0 saturated carbocycles. The molecule has 0 aliphatic carbocycles. The van der Waals surface area contributed by atoms with E-state index in [2.05, 4.69) is 30.7 Å². The first-order valence-electron chi connectivity index (χ1n) is 6.85. The Hall–Kier alpha value is -1.13. The van der Waals surface area contributed by atoms with E-state index in [0.717, 1.165) is 13.1 Å². The van der Waals surface area contributed by atoms with Crippen LogP contribution in [0.5, 0.6) is 0 Å². The summed E-state index contributed by atoms with van der Waals surface area (Å²) in [6, 6.07) is 5.66. The number of hydrogen-bond donors (Lipinski definition) is 1. The molecule has 0 bridgehead atoms. The van der Waals surface area contributed by atoms with Gasteiger partial charge in [0.2, 0.25) is 0 Å². The molecule has 3 atom stereocenters. The van der Waals surface area contributed by atoms with Crippen LogP contribution in [-0.4, -0.2) is 42.2 Å². The van der Waals surface area contributed by atoms with Crippen LogP contribution in [0.15, 0.2) is 18.2 Å². The van der Waals surface area contributed by atoms with Crippen LogP contribution < -0.4 is 4.90 Å². The molecule has 1 saturated heterocycles. The third kappa shape index (κ3) is 2.74. The van der Waals surface area contributed by atoms with Gasteiger partial charge in [-0.2, -0.15) is 0 Å². The molecule has 1 N–H and O–H groups in total. The molecule has 1 aliphatic rings. The molecule has 1 aliphatic heterocycles. The van der Waals surface area contributed by atoms with Crippen molar-refractivity contribution < 1.29 is 9.50 Å². The number of piperazine rings is 1. The fourth-order valence-corrected chi connectivity index (χ4v) is 2.79. The Morgan fingerprint density at radius 1 is 1.26 bits per heavy atom. The summed E-state index contributed by atoms with van der Waals surface area (Å²) in [5.74, 6) is -0.248. The van der Waals surface area contributed by atoms with Gasteiger partial charge in [0.05, 0.1) is 11.8 Å². The number of rotatable bonds is 2. The van der Waals surface area contributed by atoms with E-state index in [0.29, 0.717) is 23.3 Å². The quantitative estimate of drug-likeness (QED) is 0.890. The molecule has 1 fully saturated rings. The predicted molar refractivity (Wildman–Crippen MR) is 75.9 cm³/mol. The van der Waals surface area contributed by atoms with E-state index in [9.17, 15) is 9.50 Å². The largest absolute Gasteiger partial charge is 0.389 e. The van der Waals surface area contributed by atoms with Gasteiger partial charge in [-0.05, 0) is 33.9 Å². The number of likely N-dealkylation sites (N-methyl/N-ethyl adjacent to an activating group) is 1. The number of anilines is 1. The van der Waals surface area contributed by atoms with Crippen LogP contribution in [0.4, 0.5) is 10.1 Å². The summed E-state index contributed by atoms with van der Waals surface area (Å²) in [7, 11) is 2.10. The third-order valence-electron chi connectivity index (χ3n) is 4.14. The highest BCUT2D eigenvalue weighted by molar-refractivity contribution is 5.56. The highest BCUT2D eigenvalue weighted by Gasteiger charge is 2.29. The lowest BCUT2D eigenvalue weighted by atomic mass is 10.0. The van der Waals surface area contributed by atoms with Crippen molar-refractivity contribution >= 4 is 5.69 Å². The molecule has 2 unspecified atom stereocenters. The molecule has 3 nitrogen and oxygen atoms in total. The van der Waals surface area contributed by atoms with E-state index in [1.54, 1.807) is 19.1 Å². The van der Waals surface area contributed by atoms with E-state index >= 15 is 0 Å². The van der Waals surface area contributed by atoms with Crippen molar-refractivity contribution in [2.75, 3.05) is 25.0 Å². The molecule has 19 heavy (non-hydrogen) atoms. The maximum atomic E-state index is 14.2. The van der Waals surface area contributed by atoms with Gasteiger partial charge < -0.3 is 10.0 Å². The Balaban J connectivity index is 2.36. The second-order valence-electron chi connectivity index (χ2n) is 5.62. The van der Waals surface area contributed by atoms with Crippen LogP contribution in [0.1, 0.15) is 32.4 Å². The molecule has 0 amide bonds. The van der Waals surface area contributed by atoms with Crippen LogP contribution in [-0.2, 0) is 0 Å². The number of halogens is 1. The summed E-state index contributed by atoms with van der Waals surface area (Å²) in [6.07, 6.45) is -0.657. The Morgan fingerprint density at radius 3 is 2.37 bits per heavy atom. The van der Waals surface area contributed by atoms with Gasteiger partial charge in [-0.1, -0.05) is 12.1 Å². The van der Waals surface area contributed by atoms with E-state index in [1.807, 2.05) is 0 Å². The molecule has 1 aromatic carbocycles. The zero-order chi connectivity index (χ0) is 14.2. The topological polar surface area (TPSA) is 26.7 Å². The first-order chi connectivity index (χ1) is 8.91. The van der Waals surface area contributed by atoms with Gasteiger partial charge in [0.15, 0.2) is 0 Å². The average molecular weight is 266 g/mol. The fraction of sp³-hybridized carbons (Fsp3) is 0.600. The number of hydrogen-bond acceptors (Lipinski definition) is 3. The molecule has 0 spiro atoms. The van der Waals surface area contributed by atoms with Crippen molar-refractivity contribution in [2.24, 2.45) is 0 Å². The second kappa shape index (κ2) is 5.47. The zero-order valence-electron chi connectivity index (χ0n) is 12.1. The number of benzene rings is 1. The standard InChI is InChI=1S/C15H23FN2O/c1-10-8-18(9-11(2)17(10)4)15-13(12(3)19)6-5-7-14(15)16/h5-7,10-12,19H,8-9H2,1-4H3/t10?,11?,12-/m0/s1. The van der Waals surface area contributed by atoms with Crippen LogP contribution in [0.3, 0.4) is 0 Å². The van der Waals surface area contributed by atoms with E-state index in [-0.39, 0.29) is 5.82 Å². The van der Waals surface area contributed by atoms with E-state index < -0.39 is 6.10 Å². The Bertz CT molecular complexity index is 438. The van der Waals surface area contributed by atoms with Gasteiger partial charge in [0.25, 0.3) is 0 Å². The predicted octanol–water partition coefficient (Wildman–Crippen LogP) is 2.41. The summed E-state index contributed by atoms with van der Waals surface area (Å²) < 4.78 is 14.2. The summed E-state index contributed by atoms with van der Waals surface area (Å²) in [4.78, 5) is 4.37. The number of aliphatic hydroxyl groups excluding tert-OH is 1. The molecule has 1 aromatic rings. The lowest BCUT2D eigenvalue weighted by Gasteiger charge is -2.44. The second-order valence-corrected chi connectivity index (χ2v) is 5.62. The monoisotopic (exact) mass is 266 g/mol. The average Bonchev–Trinajstić information content (AvgIpc) is 2.35. The first-order valence-corrected chi connectivity index (χ1v) is 6.85. The molecule has 0 aromatic heterocycles. The number of nitrogens with zero attached hydrogens (tertiary/aromatic N) is 2. The van der Waals surface area contributed by atoms with E-state index in [1.165, 1.54) is 6.07 Å². The minimum Gasteiger partial charge on any atom is -0.389 e. The minimum absolute atomic E-state index is 0.248. The van der Waals surface area contributed by atoms with Crippen molar-refractivity contribution in [3.63, 3.8) is 0 Å². The molecule has 106 valence electrons. The van der Waals surface area contributed by atoms with Crippen LogP contribution >= 0.6 is 0 Å². The maximum Gasteiger partial charge on any atom is 0.146 e. The van der Waals surface area contributed by atoms with Crippen LogP contribution in [0, 0.1) is 5.82 Å². The number of para-hydroxylation sites is 1. The number of aliphatic hydroxyl groups is 1. The van der Waals surface area contributed by atoms with E-state index in [4.69, 9.17) is 0 Å². The SMILES string of the molecule is CC1CN(c2c(F)cccc2[C@H](C)O)CC(C)N1C. The lowest BCUT2D eigenvalue weighted by Crippen LogP contribution is -2.55. The van der Waals surface area contributed by atoms with Gasteiger partial charge in [0, 0.05) is 30.7 Å². The highest BCUT2D eigenvalue weighted by atomic mass is 19.1. The molecule has 0 radical (unpaired) electrons. The van der Waals surface area contributed by atoms with Gasteiger partial charge in [-0.25, -0.2) is 4.39 Å². The highest BCUT2D eigenvalue weighted by Crippen LogP contribution is 2.31. The summed E-state index contributed by atoms with van der Waals surface area (Å²) in [6.45, 7) is 7.53. The molecule has 2 rings (SSSR count). The van der Waals surface area contributed by atoms with Gasteiger partial charge >= 0.3 is 0 Å². The van der Waals surface area contributed by atoms with Gasteiger partial charge in [0.1, 0.15) is 5.82 Å². The summed E-state index contributed by atoms with van der Waals surface area (Å²) in [5, 5.41) is 9.84. The third-order valence-corrected chi connectivity index (χ3v) is 4.14. The molecular weight excluding hydrogens is 243 g/mol. The normalized spacial score (nSPS) is 26.5. The van der Waals surface area contributed by atoms with Crippen molar-refractivity contribution in [1.29, 1.82) is 0 Å². The minimum atomic E-state index is -0.657. The molecule has 1 heterocycles. The molecule has 4 heteroatoms. The summed E-state index contributed by atoms with van der Waals surface area (Å²) >= 11 is 0. The zero-order valence-corrected chi connectivity index (χ0v) is 12.1. The van der Waals surface area contributed by atoms with Crippen LogP contribution in [0.2, 0.25) is 0 Å². The van der Waals surface area contributed by atoms with Gasteiger partial charge in [-0.3, -0.25) is 4.90 Å². The first kappa shape index (κ1) is 14.3. The van der Waals surface area contributed by atoms with Crippen molar-refractivity contribution in [2.45, 2.75) is 39.0 Å². The molecular formula is C15H23FN2O. The summed E-state index contributed by atoms with van der Waals surface area (Å²) in [5.41, 5.74) is 1.23. The van der Waals surface area contributed by atoms with Crippen molar-refractivity contribution in [3.05, 3.63) is 29.6 Å². The lowest BCUT2D eigenvalue weighted by molar-refractivity contribution is 0.167. The van der Waals surface area contributed by atoms with Crippen LogP contribution in [0.25, 0.3) is 0 Å². The Morgan fingerprint density at radius 2 is 1.84 bits per heavy atom.